The second kappa shape index (κ2) is 5.10. The lowest BCUT2D eigenvalue weighted by Crippen LogP contribution is -2.42. The van der Waals surface area contributed by atoms with Crippen molar-refractivity contribution in [1.82, 2.24) is 15.3 Å². The number of hydrogen-bond acceptors (Lipinski definition) is 4. The van der Waals surface area contributed by atoms with E-state index in [9.17, 15) is 19.2 Å². The molecule has 0 aliphatic heterocycles. The van der Waals surface area contributed by atoms with E-state index in [1.807, 2.05) is 4.98 Å². The summed E-state index contributed by atoms with van der Waals surface area (Å²) in [5, 5.41) is 11.0. The first-order chi connectivity index (χ1) is 7.90. The molecule has 0 spiro atoms. The summed E-state index contributed by atoms with van der Waals surface area (Å²) in [5.41, 5.74) is -1.28. The second-order valence-electron chi connectivity index (χ2n) is 3.39. The van der Waals surface area contributed by atoms with Crippen LogP contribution < -0.4 is 16.6 Å². The highest BCUT2D eigenvalue weighted by molar-refractivity contribution is 5.82. The topological polar surface area (TPSA) is 132 Å². The summed E-state index contributed by atoms with van der Waals surface area (Å²) in [6, 6.07) is -1.21. The zero-order chi connectivity index (χ0) is 13.0. The molecule has 1 aromatic rings. The zero-order valence-corrected chi connectivity index (χ0v) is 8.94. The predicted molar refractivity (Wildman–Crippen MR) is 56.6 cm³/mol. The number of H-pyrrole nitrogens is 2. The number of carboxylic acid groups (broad SMARTS) is 1. The molecule has 1 heterocycles. The third-order valence-corrected chi connectivity index (χ3v) is 2.00. The van der Waals surface area contributed by atoms with Crippen LogP contribution in [0.2, 0.25) is 0 Å². The molecule has 0 aliphatic rings. The SMILES string of the molecule is CC(=O)NC(Cc1c[nH]c(=O)[nH]c1=O)C(=O)O. The van der Waals surface area contributed by atoms with E-state index in [1.54, 1.807) is 0 Å². The maximum Gasteiger partial charge on any atom is 0.326 e. The van der Waals surface area contributed by atoms with Crippen molar-refractivity contribution in [2.45, 2.75) is 19.4 Å². The summed E-state index contributed by atoms with van der Waals surface area (Å²) in [6.45, 7) is 1.17. The molecule has 0 fully saturated rings. The lowest BCUT2D eigenvalue weighted by atomic mass is 10.1. The van der Waals surface area contributed by atoms with Crippen LogP contribution in [0.15, 0.2) is 15.8 Å². The number of aromatic nitrogens is 2. The molecule has 4 N–H and O–H groups in total. The Hall–Kier alpha value is -2.38. The fourth-order valence-corrected chi connectivity index (χ4v) is 1.25. The number of carbonyl (C=O) groups is 2. The summed E-state index contributed by atoms with van der Waals surface area (Å²) in [7, 11) is 0. The molecule has 92 valence electrons. The Morgan fingerprint density at radius 1 is 1.47 bits per heavy atom. The Labute approximate surface area is 94.7 Å². The van der Waals surface area contributed by atoms with Crippen molar-refractivity contribution < 1.29 is 14.7 Å². The number of carbonyl (C=O) groups excluding carboxylic acids is 1. The fourth-order valence-electron chi connectivity index (χ4n) is 1.25. The number of amides is 1. The Bertz CT molecular complexity index is 544. The van der Waals surface area contributed by atoms with Crippen molar-refractivity contribution in [3.8, 4) is 0 Å². The number of hydrogen-bond donors (Lipinski definition) is 4. The summed E-state index contributed by atoms with van der Waals surface area (Å²) in [4.78, 5) is 47.8. The standard InChI is InChI=1S/C9H11N3O5/c1-4(13)11-6(8(15)16)2-5-3-10-9(17)12-7(5)14/h3,6H,2H2,1H3,(H,11,13)(H,15,16)(H2,10,12,14,17). The van der Waals surface area contributed by atoms with Crippen molar-refractivity contribution >= 4 is 11.9 Å². The van der Waals surface area contributed by atoms with E-state index in [0.29, 0.717) is 0 Å². The van der Waals surface area contributed by atoms with Crippen LogP contribution in [0.5, 0.6) is 0 Å². The molecule has 1 amide bonds. The molecule has 1 rings (SSSR count). The average molecular weight is 241 g/mol. The van der Waals surface area contributed by atoms with Crippen LogP contribution in [0.4, 0.5) is 0 Å². The third-order valence-electron chi connectivity index (χ3n) is 2.00. The van der Waals surface area contributed by atoms with E-state index in [2.05, 4.69) is 10.3 Å². The molecule has 0 saturated heterocycles. The molecule has 0 saturated carbocycles. The van der Waals surface area contributed by atoms with Crippen LogP contribution >= 0.6 is 0 Å². The van der Waals surface area contributed by atoms with E-state index in [4.69, 9.17) is 5.11 Å². The fraction of sp³-hybridized carbons (Fsp3) is 0.333. The van der Waals surface area contributed by atoms with Crippen molar-refractivity contribution in [3.05, 3.63) is 32.6 Å². The number of carboxylic acids is 1. The van der Waals surface area contributed by atoms with Crippen LogP contribution in [-0.4, -0.2) is 33.0 Å². The normalized spacial score (nSPS) is 11.8. The first-order valence-corrected chi connectivity index (χ1v) is 4.71. The molecule has 0 bridgehead atoms. The first-order valence-electron chi connectivity index (χ1n) is 4.71. The van der Waals surface area contributed by atoms with Crippen molar-refractivity contribution in [3.63, 3.8) is 0 Å². The van der Waals surface area contributed by atoms with Gasteiger partial charge in [-0.1, -0.05) is 0 Å². The van der Waals surface area contributed by atoms with Crippen molar-refractivity contribution in [1.29, 1.82) is 0 Å². The molecular formula is C9H11N3O5. The minimum Gasteiger partial charge on any atom is -0.480 e. The van der Waals surface area contributed by atoms with Gasteiger partial charge in [-0.05, 0) is 0 Å². The zero-order valence-electron chi connectivity index (χ0n) is 8.94. The molecule has 0 aliphatic carbocycles. The molecule has 1 aromatic heterocycles. The van der Waals surface area contributed by atoms with Crippen LogP contribution in [0.3, 0.4) is 0 Å². The van der Waals surface area contributed by atoms with E-state index in [0.717, 1.165) is 6.20 Å². The Morgan fingerprint density at radius 2 is 2.12 bits per heavy atom. The largest absolute Gasteiger partial charge is 0.480 e. The second-order valence-corrected chi connectivity index (χ2v) is 3.39. The van der Waals surface area contributed by atoms with E-state index in [1.165, 1.54) is 6.92 Å². The maximum absolute atomic E-state index is 11.3. The predicted octanol–water partition coefficient (Wildman–Crippen LogP) is -1.80. The summed E-state index contributed by atoms with van der Waals surface area (Å²) < 4.78 is 0. The quantitative estimate of drug-likeness (QED) is 0.493. The molecule has 17 heavy (non-hydrogen) atoms. The highest BCUT2D eigenvalue weighted by Gasteiger charge is 2.20. The Kier molecular flexibility index (Phi) is 3.81. The van der Waals surface area contributed by atoms with Gasteiger partial charge in [0.1, 0.15) is 6.04 Å². The molecule has 1 unspecified atom stereocenters. The highest BCUT2D eigenvalue weighted by Crippen LogP contribution is 1.95. The Balaban J connectivity index is 2.93. The molecular weight excluding hydrogens is 230 g/mol. The van der Waals surface area contributed by atoms with E-state index >= 15 is 0 Å². The monoisotopic (exact) mass is 241 g/mol. The lowest BCUT2D eigenvalue weighted by Gasteiger charge is -2.12. The summed E-state index contributed by atoms with van der Waals surface area (Å²) in [5.74, 6) is -1.77. The van der Waals surface area contributed by atoms with Crippen LogP contribution in [0, 0.1) is 0 Å². The summed E-state index contributed by atoms with van der Waals surface area (Å²) in [6.07, 6.45) is 0.917. The molecule has 8 nitrogen and oxygen atoms in total. The third kappa shape index (κ3) is 3.59. The first kappa shape index (κ1) is 12.7. The van der Waals surface area contributed by atoms with Gasteiger partial charge >= 0.3 is 11.7 Å². The molecule has 0 radical (unpaired) electrons. The summed E-state index contributed by atoms with van der Waals surface area (Å²) >= 11 is 0. The van der Waals surface area contributed by atoms with Gasteiger partial charge in [-0.3, -0.25) is 14.6 Å². The van der Waals surface area contributed by atoms with Crippen LogP contribution in [0.25, 0.3) is 0 Å². The minimum absolute atomic E-state index is 0.0748. The molecule has 8 heteroatoms. The van der Waals surface area contributed by atoms with Gasteiger partial charge in [0, 0.05) is 25.1 Å². The number of rotatable bonds is 4. The average Bonchev–Trinajstić information content (AvgIpc) is 2.19. The molecule has 1 atom stereocenters. The van der Waals surface area contributed by atoms with Gasteiger partial charge in [0.25, 0.3) is 5.56 Å². The number of aromatic amines is 2. The van der Waals surface area contributed by atoms with Gasteiger partial charge in [-0.25, -0.2) is 9.59 Å². The van der Waals surface area contributed by atoms with Crippen molar-refractivity contribution in [2.24, 2.45) is 0 Å². The highest BCUT2D eigenvalue weighted by atomic mass is 16.4. The Morgan fingerprint density at radius 3 is 2.59 bits per heavy atom. The van der Waals surface area contributed by atoms with Gasteiger partial charge in [0.2, 0.25) is 5.91 Å². The van der Waals surface area contributed by atoms with Gasteiger partial charge in [-0.2, -0.15) is 0 Å². The smallest absolute Gasteiger partial charge is 0.326 e. The number of nitrogens with one attached hydrogen (secondary N) is 3. The van der Waals surface area contributed by atoms with E-state index < -0.39 is 29.2 Å². The van der Waals surface area contributed by atoms with Crippen LogP contribution in [0.1, 0.15) is 12.5 Å². The van der Waals surface area contributed by atoms with Crippen molar-refractivity contribution in [2.75, 3.05) is 0 Å². The van der Waals surface area contributed by atoms with Gasteiger partial charge in [0.15, 0.2) is 0 Å². The van der Waals surface area contributed by atoms with Gasteiger partial charge in [0.05, 0.1) is 0 Å². The maximum atomic E-state index is 11.3. The van der Waals surface area contributed by atoms with E-state index in [-0.39, 0.29) is 12.0 Å². The minimum atomic E-state index is -1.26. The van der Waals surface area contributed by atoms with Crippen LogP contribution in [-0.2, 0) is 16.0 Å². The van der Waals surface area contributed by atoms with Gasteiger partial charge < -0.3 is 15.4 Å². The lowest BCUT2D eigenvalue weighted by molar-refractivity contribution is -0.141. The number of aliphatic carboxylic acids is 1. The molecule has 0 aromatic carbocycles. The van der Waals surface area contributed by atoms with Gasteiger partial charge in [-0.15, -0.1) is 0 Å².